The summed E-state index contributed by atoms with van der Waals surface area (Å²) < 4.78 is 7.11. The summed E-state index contributed by atoms with van der Waals surface area (Å²) in [6.45, 7) is 4.19. The second-order valence-electron chi connectivity index (χ2n) is 5.13. The average Bonchev–Trinajstić information content (AvgIpc) is 2.50. The molecule has 4 heteroatoms. The molecule has 86 valence electrons. The lowest BCUT2D eigenvalue weighted by Crippen LogP contribution is -2.42. The van der Waals surface area contributed by atoms with E-state index in [1.54, 1.807) is 7.05 Å². The summed E-state index contributed by atoms with van der Waals surface area (Å²) >= 11 is 0. The summed E-state index contributed by atoms with van der Waals surface area (Å²) in [6, 6.07) is 0.0495. The Labute approximate surface area is 91.2 Å². The highest BCUT2D eigenvalue weighted by Crippen LogP contribution is 2.39. The van der Waals surface area contributed by atoms with Crippen LogP contribution in [0.1, 0.15) is 26.2 Å². The van der Waals surface area contributed by atoms with Crippen molar-refractivity contribution in [1.29, 1.82) is 0 Å². The average molecular weight is 213 g/mol. The van der Waals surface area contributed by atoms with Crippen molar-refractivity contribution in [1.82, 2.24) is 4.90 Å². The SMILES string of the molecule is CC1OC2(CCN(C)CC2)CC1[N+](C)=O. The maximum atomic E-state index is 11.4. The van der Waals surface area contributed by atoms with Crippen LogP contribution >= 0.6 is 0 Å². The molecule has 0 aromatic rings. The lowest BCUT2D eigenvalue weighted by Gasteiger charge is -2.36. The Bertz CT molecular complexity index is 259. The predicted molar refractivity (Wildman–Crippen MR) is 58.0 cm³/mol. The predicted octanol–water partition coefficient (Wildman–Crippen LogP) is 1.04. The highest BCUT2D eigenvalue weighted by molar-refractivity contribution is 4.96. The van der Waals surface area contributed by atoms with Gasteiger partial charge in [0.15, 0.2) is 7.05 Å². The van der Waals surface area contributed by atoms with Crippen LogP contribution in [0.2, 0.25) is 0 Å². The number of likely N-dealkylation sites (N-methyl/N-ethyl adjacent to an activating group) is 1. The van der Waals surface area contributed by atoms with Gasteiger partial charge in [-0.25, -0.2) is 0 Å². The molecule has 2 rings (SSSR count). The first-order valence-electron chi connectivity index (χ1n) is 5.79. The highest BCUT2D eigenvalue weighted by atomic mass is 16.5. The summed E-state index contributed by atoms with van der Waals surface area (Å²) in [5.74, 6) is 0. The number of piperidine rings is 1. The van der Waals surface area contributed by atoms with Gasteiger partial charge in [0.05, 0.1) is 5.60 Å². The fraction of sp³-hybridized carbons (Fsp3) is 1.00. The normalized spacial score (nSPS) is 35.9. The molecular formula is C11H21N2O2+. The molecular weight excluding hydrogens is 192 g/mol. The van der Waals surface area contributed by atoms with Crippen molar-refractivity contribution in [3.05, 3.63) is 4.91 Å². The molecule has 2 unspecified atom stereocenters. The zero-order chi connectivity index (χ0) is 11.1. The van der Waals surface area contributed by atoms with Gasteiger partial charge in [0.2, 0.25) is 6.04 Å². The Kier molecular flexibility index (Phi) is 2.81. The second kappa shape index (κ2) is 3.83. The maximum absolute atomic E-state index is 11.4. The fourth-order valence-corrected chi connectivity index (χ4v) is 2.84. The lowest BCUT2D eigenvalue weighted by atomic mass is 9.87. The van der Waals surface area contributed by atoms with E-state index in [4.69, 9.17) is 4.74 Å². The summed E-state index contributed by atoms with van der Waals surface area (Å²) in [7, 11) is 3.75. The number of nitroso groups, excluding NO2 is 1. The zero-order valence-corrected chi connectivity index (χ0v) is 9.90. The van der Waals surface area contributed by atoms with Crippen molar-refractivity contribution in [3.8, 4) is 0 Å². The van der Waals surface area contributed by atoms with Crippen molar-refractivity contribution >= 4 is 0 Å². The molecule has 0 saturated carbocycles. The topological polar surface area (TPSA) is 32.5 Å². The molecule has 0 aromatic heterocycles. The lowest BCUT2D eigenvalue weighted by molar-refractivity contribution is -0.562. The number of hydrogen-bond acceptors (Lipinski definition) is 3. The van der Waals surface area contributed by atoms with Crippen molar-refractivity contribution in [2.45, 2.75) is 43.9 Å². The molecule has 0 aromatic carbocycles. The van der Waals surface area contributed by atoms with Crippen molar-refractivity contribution < 1.29 is 9.50 Å². The van der Waals surface area contributed by atoms with Crippen LogP contribution in [0.5, 0.6) is 0 Å². The van der Waals surface area contributed by atoms with Crippen molar-refractivity contribution in [3.63, 3.8) is 0 Å². The van der Waals surface area contributed by atoms with Crippen LogP contribution in [0, 0.1) is 4.91 Å². The highest BCUT2D eigenvalue weighted by Gasteiger charge is 2.51. The molecule has 2 fully saturated rings. The first kappa shape index (κ1) is 11.0. The Morgan fingerprint density at radius 2 is 2.00 bits per heavy atom. The van der Waals surface area contributed by atoms with Crippen LogP contribution in [0.15, 0.2) is 0 Å². The first-order chi connectivity index (χ1) is 7.02. The van der Waals surface area contributed by atoms with Gasteiger partial charge in [-0.15, -0.1) is 0 Å². The quantitative estimate of drug-likeness (QED) is 0.610. The van der Waals surface area contributed by atoms with E-state index in [9.17, 15) is 4.91 Å². The maximum Gasteiger partial charge on any atom is 0.229 e. The smallest absolute Gasteiger partial charge is 0.229 e. The summed E-state index contributed by atoms with van der Waals surface area (Å²) in [4.78, 5) is 13.7. The van der Waals surface area contributed by atoms with E-state index in [1.165, 1.54) is 0 Å². The molecule has 0 radical (unpaired) electrons. The molecule has 2 aliphatic heterocycles. The van der Waals surface area contributed by atoms with Gasteiger partial charge in [-0.2, -0.15) is 0 Å². The van der Waals surface area contributed by atoms with E-state index >= 15 is 0 Å². The Morgan fingerprint density at radius 3 is 2.47 bits per heavy atom. The van der Waals surface area contributed by atoms with Gasteiger partial charge in [-0.1, -0.05) is 0 Å². The molecule has 0 N–H and O–H groups in total. The molecule has 2 atom stereocenters. The minimum absolute atomic E-state index is 0.00470. The summed E-state index contributed by atoms with van der Waals surface area (Å²) in [5, 5.41) is 0. The van der Waals surface area contributed by atoms with E-state index in [0.29, 0.717) is 0 Å². The standard InChI is InChI=1S/C11H21N2O2/c1-9-10(13(3)14)8-11(15-9)4-6-12(2)7-5-11/h9-10H,4-8H2,1-3H3/q+1. The Balaban J connectivity index is 2.04. The Hall–Kier alpha value is -0.480. The van der Waals surface area contributed by atoms with Crippen LogP contribution in [-0.2, 0) is 4.74 Å². The van der Waals surface area contributed by atoms with Gasteiger partial charge in [0, 0.05) is 29.2 Å². The second-order valence-corrected chi connectivity index (χ2v) is 5.13. The minimum Gasteiger partial charge on any atom is -0.365 e. The number of rotatable bonds is 1. The molecule has 2 saturated heterocycles. The molecule has 1 spiro atoms. The van der Waals surface area contributed by atoms with Crippen molar-refractivity contribution in [2.24, 2.45) is 0 Å². The number of likely N-dealkylation sites (tertiary alicyclic amines) is 1. The molecule has 2 heterocycles. The van der Waals surface area contributed by atoms with Crippen LogP contribution in [0.25, 0.3) is 0 Å². The van der Waals surface area contributed by atoms with Gasteiger partial charge in [0.25, 0.3) is 0 Å². The monoisotopic (exact) mass is 213 g/mol. The third-order valence-electron chi connectivity index (χ3n) is 3.92. The molecule has 4 nitrogen and oxygen atoms in total. The zero-order valence-electron chi connectivity index (χ0n) is 9.90. The summed E-state index contributed by atoms with van der Waals surface area (Å²) in [5.41, 5.74) is -0.00470. The minimum atomic E-state index is -0.00470. The van der Waals surface area contributed by atoms with Crippen LogP contribution < -0.4 is 0 Å². The van der Waals surface area contributed by atoms with E-state index in [0.717, 1.165) is 37.1 Å². The molecule has 2 aliphatic rings. The largest absolute Gasteiger partial charge is 0.365 e. The third kappa shape index (κ3) is 2.06. The van der Waals surface area contributed by atoms with Crippen LogP contribution in [0.3, 0.4) is 0 Å². The van der Waals surface area contributed by atoms with E-state index < -0.39 is 0 Å². The van der Waals surface area contributed by atoms with Crippen LogP contribution in [0.4, 0.5) is 0 Å². The number of ether oxygens (including phenoxy) is 1. The molecule has 15 heavy (non-hydrogen) atoms. The van der Waals surface area contributed by atoms with Gasteiger partial charge in [-0.05, 0) is 26.8 Å². The number of nitrogens with zero attached hydrogens (tertiary/aromatic N) is 2. The molecule has 0 aliphatic carbocycles. The van der Waals surface area contributed by atoms with E-state index in [-0.39, 0.29) is 17.7 Å². The Morgan fingerprint density at radius 1 is 1.40 bits per heavy atom. The van der Waals surface area contributed by atoms with E-state index in [1.807, 2.05) is 6.92 Å². The van der Waals surface area contributed by atoms with E-state index in [2.05, 4.69) is 11.9 Å². The molecule has 0 amide bonds. The van der Waals surface area contributed by atoms with Gasteiger partial charge in [-0.3, -0.25) is 0 Å². The van der Waals surface area contributed by atoms with Gasteiger partial charge in [0.1, 0.15) is 6.10 Å². The number of hydrogen-bond donors (Lipinski definition) is 0. The van der Waals surface area contributed by atoms with Crippen LogP contribution in [-0.4, -0.2) is 54.6 Å². The van der Waals surface area contributed by atoms with Crippen molar-refractivity contribution in [2.75, 3.05) is 27.2 Å². The summed E-state index contributed by atoms with van der Waals surface area (Å²) in [6.07, 6.45) is 3.12. The molecule has 0 bridgehead atoms. The fourth-order valence-electron chi connectivity index (χ4n) is 2.84. The van der Waals surface area contributed by atoms with Gasteiger partial charge < -0.3 is 9.64 Å². The van der Waals surface area contributed by atoms with Gasteiger partial charge >= 0.3 is 0 Å². The third-order valence-corrected chi connectivity index (χ3v) is 3.92. The first-order valence-corrected chi connectivity index (χ1v) is 5.79.